The van der Waals surface area contributed by atoms with E-state index < -0.39 is 11.7 Å². The molecule has 2 rings (SSSR count). The minimum Gasteiger partial charge on any atom is -0.382 e. The molecule has 6 heteroatoms. The Morgan fingerprint density at radius 1 is 1.26 bits per heavy atom. The number of hydrogen-bond acceptors (Lipinski definition) is 2. The number of nitrogens with one attached hydrogen (secondary N) is 1. The van der Waals surface area contributed by atoms with Crippen LogP contribution < -0.4 is 5.32 Å². The molecular weight excluding hydrogens is 323 g/mol. The summed E-state index contributed by atoms with van der Waals surface area (Å²) in [5.74, 6) is 0. The van der Waals surface area contributed by atoms with Crippen LogP contribution in [0.2, 0.25) is 0 Å². The molecule has 0 bridgehead atoms. The van der Waals surface area contributed by atoms with Gasteiger partial charge in [-0.2, -0.15) is 13.2 Å². The average Bonchev–Trinajstić information content (AvgIpc) is 2.36. The van der Waals surface area contributed by atoms with Crippen molar-refractivity contribution in [3.05, 3.63) is 28.2 Å². The van der Waals surface area contributed by atoms with Gasteiger partial charge >= 0.3 is 6.18 Å². The van der Waals surface area contributed by atoms with Crippen molar-refractivity contribution in [2.75, 3.05) is 18.5 Å². The molecule has 1 unspecified atom stereocenters. The lowest BCUT2D eigenvalue weighted by Crippen LogP contribution is -2.27. The van der Waals surface area contributed by atoms with E-state index in [1.54, 1.807) is 6.07 Å². The van der Waals surface area contributed by atoms with Crippen LogP contribution in [-0.4, -0.2) is 19.3 Å². The van der Waals surface area contributed by atoms with E-state index in [0.29, 0.717) is 16.7 Å². The molecule has 1 aromatic rings. The SMILES string of the molecule is FC(F)(F)c1cc(Br)cc(NCC2CCCCO2)c1. The van der Waals surface area contributed by atoms with Crippen LogP contribution in [0.5, 0.6) is 0 Å². The van der Waals surface area contributed by atoms with E-state index in [2.05, 4.69) is 21.2 Å². The minimum atomic E-state index is -4.33. The lowest BCUT2D eigenvalue weighted by Gasteiger charge is -2.23. The van der Waals surface area contributed by atoms with E-state index in [9.17, 15) is 13.2 Å². The van der Waals surface area contributed by atoms with Gasteiger partial charge in [0.1, 0.15) is 0 Å². The van der Waals surface area contributed by atoms with Gasteiger partial charge in [-0.05, 0) is 37.5 Å². The summed E-state index contributed by atoms with van der Waals surface area (Å²) in [6.07, 6.45) is -1.12. The third-order valence-electron chi connectivity index (χ3n) is 3.03. The predicted molar refractivity (Wildman–Crippen MR) is 71.2 cm³/mol. The Morgan fingerprint density at radius 2 is 2.05 bits per heavy atom. The Labute approximate surface area is 118 Å². The molecule has 1 heterocycles. The van der Waals surface area contributed by atoms with Crippen molar-refractivity contribution in [1.82, 2.24) is 0 Å². The number of ether oxygens (including phenoxy) is 1. The van der Waals surface area contributed by atoms with Crippen LogP contribution in [0.1, 0.15) is 24.8 Å². The van der Waals surface area contributed by atoms with E-state index in [0.717, 1.165) is 38.0 Å². The molecule has 0 radical (unpaired) electrons. The summed E-state index contributed by atoms with van der Waals surface area (Å²) < 4.78 is 44.0. The van der Waals surface area contributed by atoms with E-state index in [1.165, 1.54) is 0 Å². The van der Waals surface area contributed by atoms with Gasteiger partial charge in [0.15, 0.2) is 0 Å². The molecule has 1 atom stereocenters. The lowest BCUT2D eigenvalue weighted by atomic mass is 10.1. The molecule has 1 N–H and O–H groups in total. The quantitative estimate of drug-likeness (QED) is 0.879. The molecule has 2 nitrogen and oxygen atoms in total. The summed E-state index contributed by atoms with van der Waals surface area (Å²) in [7, 11) is 0. The maximum absolute atomic E-state index is 12.7. The first-order chi connectivity index (χ1) is 8.95. The fourth-order valence-corrected chi connectivity index (χ4v) is 2.55. The van der Waals surface area contributed by atoms with Crippen LogP contribution >= 0.6 is 15.9 Å². The zero-order valence-electron chi connectivity index (χ0n) is 10.3. The summed E-state index contributed by atoms with van der Waals surface area (Å²) in [5, 5.41) is 3.01. The van der Waals surface area contributed by atoms with Gasteiger partial charge in [-0.15, -0.1) is 0 Å². The number of benzene rings is 1. The fraction of sp³-hybridized carbons (Fsp3) is 0.538. The van der Waals surface area contributed by atoms with Crippen molar-refractivity contribution in [1.29, 1.82) is 0 Å². The van der Waals surface area contributed by atoms with Crippen LogP contribution in [0.15, 0.2) is 22.7 Å². The molecule has 0 spiro atoms. The molecule has 1 aliphatic rings. The second kappa shape index (κ2) is 6.13. The number of rotatable bonds is 3. The monoisotopic (exact) mass is 337 g/mol. The van der Waals surface area contributed by atoms with Gasteiger partial charge in [0.25, 0.3) is 0 Å². The standard InChI is InChI=1S/C13H15BrF3NO/c14-10-5-9(13(15,16)17)6-11(7-10)18-8-12-3-1-2-4-19-12/h5-7,12,18H,1-4,8H2. The van der Waals surface area contributed by atoms with E-state index in [4.69, 9.17) is 4.74 Å². The second-order valence-electron chi connectivity index (χ2n) is 4.60. The largest absolute Gasteiger partial charge is 0.416 e. The molecule has 1 aromatic carbocycles. The third-order valence-corrected chi connectivity index (χ3v) is 3.49. The molecule has 0 aliphatic carbocycles. The van der Waals surface area contributed by atoms with Crippen LogP contribution in [0.25, 0.3) is 0 Å². The Morgan fingerprint density at radius 3 is 2.68 bits per heavy atom. The van der Waals surface area contributed by atoms with E-state index in [-0.39, 0.29) is 6.10 Å². The summed E-state index contributed by atoms with van der Waals surface area (Å²) in [6.45, 7) is 1.27. The summed E-state index contributed by atoms with van der Waals surface area (Å²) >= 11 is 3.10. The van der Waals surface area contributed by atoms with Gasteiger partial charge in [-0.3, -0.25) is 0 Å². The molecule has 0 aromatic heterocycles. The maximum Gasteiger partial charge on any atom is 0.416 e. The van der Waals surface area contributed by atoms with Crippen molar-refractivity contribution in [2.45, 2.75) is 31.5 Å². The number of alkyl halides is 3. The van der Waals surface area contributed by atoms with Gasteiger partial charge in [-0.25, -0.2) is 0 Å². The summed E-state index contributed by atoms with van der Waals surface area (Å²) in [5.41, 5.74) is -0.204. The normalized spacial score (nSPS) is 20.3. The molecular formula is C13H15BrF3NO. The van der Waals surface area contributed by atoms with Crippen LogP contribution in [0.4, 0.5) is 18.9 Å². The molecule has 1 fully saturated rings. The van der Waals surface area contributed by atoms with Crippen molar-refractivity contribution < 1.29 is 17.9 Å². The van der Waals surface area contributed by atoms with Crippen molar-refractivity contribution in [3.63, 3.8) is 0 Å². The molecule has 0 saturated carbocycles. The zero-order valence-corrected chi connectivity index (χ0v) is 11.9. The smallest absolute Gasteiger partial charge is 0.382 e. The highest BCUT2D eigenvalue weighted by Gasteiger charge is 2.31. The third kappa shape index (κ3) is 4.38. The lowest BCUT2D eigenvalue weighted by molar-refractivity contribution is -0.137. The zero-order chi connectivity index (χ0) is 13.9. The Hall–Kier alpha value is -0.750. The van der Waals surface area contributed by atoms with Crippen LogP contribution in [0.3, 0.4) is 0 Å². The minimum absolute atomic E-state index is 0.0852. The second-order valence-corrected chi connectivity index (χ2v) is 5.51. The summed E-state index contributed by atoms with van der Waals surface area (Å²) in [4.78, 5) is 0. The highest BCUT2D eigenvalue weighted by molar-refractivity contribution is 9.10. The molecule has 0 amide bonds. The Balaban J connectivity index is 2.01. The van der Waals surface area contributed by atoms with Crippen LogP contribution in [0, 0.1) is 0 Å². The van der Waals surface area contributed by atoms with Crippen LogP contribution in [-0.2, 0) is 10.9 Å². The van der Waals surface area contributed by atoms with E-state index in [1.807, 2.05) is 0 Å². The molecule has 19 heavy (non-hydrogen) atoms. The number of halogens is 4. The van der Waals surface area contributed by atoms with E-state index >= 15 is 0 Å². The fourth-order valence-electron chi connectivity index (χ4n) is 2.06. The number of anilines is 1. The summed E-state index contributed by atoms with van der Waals surface area (Å²) in [6, 6.07) is 3.83. The maximum atomic E-state index is 12.7. The highest BCUT2D eigenvalue weighted by Crippen LogP contribution is 2.33. The van der Waals surface area contributed by atoms with Crippen molar-refractivity contribution >= 4 is 21.6 Å². The number of hydrogen-bond donors (Lipinski definition) is 1. The molecule has 106 valence electrons. The van der Waals surface area contributed by atoms with Gasteiger partial charge in [-0.1, -0.05) is 15.9 Å². The van der Waals surface area contributed by atoms with Crippen molar-refractivity contribution in [2.24, 2.45) is 0 Å². The Bertz CT molecular complexity index is 430. The topological polar surface area (TPSA) is 21.3 Å². The predicted octanol–water partition coefficient (Wildman–Crippen LogP) is 4.45. The first-order valence-corrected chi connectivity index (χ1v) is 6.98. The van der Waals surface area contributed by atoms with Gasteiger partial charge in [0.05, 0.1) is 11.7 Å². The van der Waals surface area contributed by atoms with Gasteiger partial charge in [0.2, 0.25) is 0 Å². The first kappa shape index (κ1) is 14.7. The van der Waals surface area contributed by atoms with Gasteiger partial charge in [0, 0.05) is 23.3 Å². The molecule has 1 saturated heterocycles. The van der Waals surface area contributed by atoms with Gasteiger partial charge < -0.3 is 10.1 Å². The first-order valence-electron chi connectivity index (χ1n) is 6.18. The van der Waals surface area contributed by atoms with Crippen molar-refractivity contribution in [3.8, 4) is 0 Å². The Kier molecular flexibility index (Phi) is 4.73. The highest BCUT2D eigenvalue weighted by atomic mass is 79.9. The average molecular weight is 338 g/mol. The molecule has 1 aliphatic heterocycles.